The SMILES string of the molecule is OB(O)c1cc2c(cc1S)C1(c3ccccc3-c3ccccc31)c1ccccc1-2. The van der Waals surface area contributed by atoms with Crippen LogP contribution in [0.5, 0.6) is 0 Å². The van der Waals surface area contributed by atoms with Crippen molar-refractivity contribution in [1.29, 1.82) is 0 Å². The summed E-state index contributed by atoms with van der Waals surface area (Å²) in [4.78, 5) is 0.591. The fraction of sp³-hybridized carbons (Fsp3) is 0.0400. The van der Waals surface area contributed by atoms with Gasteiger partial charge in [-0.3, -0.25) is 0 Å². The number of hydrogen-bond donors (Lipinski definition) is 3. The summed E-state index contributed by atoms with van der Waals surface area (Å²) in [6.07, 6.45) is 0. The van der Waals surface area contributed by atoms with Crippen LogP contribution in [0, 0.1) is 0 Å². The van der Waals surface area contributed by atoms with Gasteiger partial charge in [0.2, 0.25) is 0 Å². The minimum absolute atomic E-state index is 0.421. The van der Waals surface area contributed by atoms with Gasteiger partial charge in [0.15, 0.2) is 0 Å². The Morgan fingerprint density at radius 3 is 1.52 bits per heavy atom. The van der Waals surface area contributed by atoms with Crippen molar-refractivity contribution in [3.05, 3.63) is 107 Å². The largest absolute Gasteiger partial charge is 0.489 e. The van der Waals surface area contributed by atoms with E-state index in [1.54, 1.807) is 0 Å². The molecule has 0 heterocycles. The predicted molar refractivity (Wildman–Crippen MR) is 120 cm³/mol. The lowest BCUT2D eigenvalue weighted by Crippen LogP contribution is -2.32. The fourth-order valence-corrected chi connectivity index (χ4v) is 5.66. The van der Waals surface area contributed by atoms with Gasteiger partial charge in [-0.05, 0) is 56.0 Å². The zero-order chi connectivity index (χ0) is 19.8. The van der Waals surface area contributed by atoms with Crippen LogP contribution in [0.3, 0.4) is 0 Å². The normalized spacial score (nSPS) is 14.3. The summed E-state index contributed by atoms with van der Waals surface area (Å²) in [5, 5.41) is 19.7. The average molecular weight is 392 g/mol. The Hall–Kier alpha value is -2.79. The molecule has 4 aromatic carbocycles. The summed E-state index contributed by atoms with van der Waals surface area (Å²) in [7, 11) is -1.56. The second kappa shape index (κ2) is 5.86. The molecule has 0 unspecified atom stereocenters. The van der Waals surface area contributed by atoms with E-state index in [2.05, 4.69) is 79.4 Å². The number of hydrogen-bond acceptors (Lipinski definition) is 3. The first-order chi connectivity index (χ1) is 14.1. The van der Waals surface area contributed by atoms with E-state index in [0.29, 0.717) is 10.4 Å². The lowest BCUT2D eigenvalue weighted by molar-refractivity contribution is 0.425. The maximum absolute atomic E-state index is 9.86. The summed E-state index contributed by atoms with van der Waals surface area (Å²) < 4.78 is 0. The molecule has 2 aliphatic rings. The highest BCUT2D eigenvalue weighted by Crippen LogP contribution is 2.62. The topological polar surface area (TPSA) is 40.5 Å². The Morgan fingerprint density at radius 1 is 0.586 bits per heavy atom. The first-order valence-corrected chi connectivity index (χ1v) is 10.1. The van der Waals surface area contributed by atoms with E-state index < -0.39 is 12.5 Å². The highest BCUT2D eigenvalue weighted by atomic mass is 32.1. The van der Waals surface area contributed by atoms with Crippen LogP contribution in [0.1, 0.15) is 22.3 Å². The summed E-state index contributed by atoms with van der Waals surface area (Å²) in [5.74, 6) is 0. The lowest BCUT2D eigenvalue weighted by Gasteiger charge is -2.30. The molecule has 0 bridgehead atoms. The van der Waals surface area contributed by atoms with E-state index in [-0.39, 0.29) is 0 Å². The zero-order valence-corrected chi connectivity index (χ0v) is 16.4. The van der Waals surface area contributed by atoms with Gasteiger partial charge in [0.1, 0.15) is 0 Å². The molecule has 0 aliphatic heterocycles. The number of thiol groups is 1. The molecule has 0 saturated heterocycles. The van der Waals surface area contributed by atoms with Gasteiger partial charge in [-0.15, -0.1) is 12.6 Å². The Morgan fingerprint density at radius 2 is 1.03 bits per heavy atom. The van der Waals surface area contributed by atoms with Crippen molar-refractivity contribution in [1.82, 2.24) is 0 Å². The first-order valence-electron chi connectivity index (χ1n) is 9.67. The van der Waals surface area contributed by atoms with Crippen molar-refractivity contribution in [3.8, 4) is 22.3 Å². The van der Waals surface area contributed by atoms with E-state index >= 15 is 0 Å². The van der Waals surface area contributed by atoms with Gasteiger partial charge in [0.05, 0.1) is 5.41 Å². The smallest absolute Gasteiger partial charge is 0.423 e. The number of fused-ring (bicyclic) bond motifs is 10. The van der Waals surface area contributed by atoms with Gasteiger partial charge >= 0.3 is 7.12 Å². The van der Waals surface area contributed by atoms with E-state index in [1.165, 1.54) is 27.8 Å². The number of benzene rings is 4. The molecule has 0 aromatic heterocycles. The number of rotatable bonds is 1. The third-order valence-corrected chi connectivity index (χ3v) is 6.81. The third kappa shape index (κ3) is 2.01. The molecule has 2 aliphatic carbocycles. The van der Waals surface area contributed by atoms with Crippen molar-refractivity contribution in [2.45, 2.75) is 10.3 Å². The summed E-state index contributed by atoms with van der Waals surface area (Å²) in [6.45, 7) is 0. The van der Waals surface area contributed by atoms with Crippen LogP contribution >= 0.6 is 12.6 Å². The van der Waals surface area contributed by atoms with Crippen LogP contribution in [0.2, 0.25) is 0 Å². The maximum Gasteiger partial charge on any atom is 0.489 e. The summed E-state index contributed by atoms with van der Waals surface area (Å²) in [6, 6.07) is 29.5. The molecule has 1 spiro atoms. The summed E-state index contributed by atoms with van der Waals surface area (Å²) >= 11 is 4.61. The van der Waals surface area contributed by atoms with Gasteiger partial charge in [-0.2, -0.15) is 0 Å². The van der Waals surface area contributed by atoms with E-state index in [9.17, 15) is 10.0 Å². The van der Waals surface area contributed by atoms with E-state index in [0.717, 1.165) is 16.7 Å². The first kappa shape index (κ1) is 17.1. The molecule has 0 saturated carbocycles. The molecule has 0 radical (unpaired) electrons. The van der Waals surface area contributed by atoms with Crippen molar-refractivity contribution in [2.75, 3.05) is 0 Å². The minimum atomic E-state index is -1.56. The van der Waals surface area contributed by atoms with Crippen LogP contribution in [0.15, 0.2) is 89.8 Å². The van der Waals surface area contributed by atoms with Gasteiger partial charge in [0, 0.05) is 4.90 Å². The predicted octanol–water partition coefficient (Wildman–Crippen LogP) is 4.00. The van der Waals surface area contributed by atoms with Crippen molar-refractivity contribution in [2.24, 2.45) is 0 Å². The van der Waals surface area contributed by atoms with Crippen LogP contribution in [-0.4, -0.2) is 17.2 Å². The Labute approximate surface area is 175 Å². The zero-order valence-electron chi connectivity index (χ0n) is 15.5. The van der Waals surface area contributed by atoms with Gasteiger partial charge < -0.3 is 10.0 Å². The molecule has 4 heteroatoms. The van der Waals surface area contributed by atoms with Gasteiger partial charge in [0.25, 0.3) is 0 Å². The van der Waals surface area contributed by atoms with Crippen LogP contribution in [-0.2, 0) is 5.41 Å². The monoisotopic (exact) mass is 392 g/mol. The van der Waals surface area contributed by atoms with Crippen molar-refractivity contribution in [3.63, 3.8) is 0 Å². The van der Waals surface area contributed by atoms with Gasteiger partial charge in [-0.1, -0.05) is 78.9 Å². The molecule has 0 amide bonds. The summed E-state index contributed by atoms with van der Waals surface area (Å²) in [5.41, 5.74) is 9.56. The molecule has 6 rings (SSSR count). The molecule has 0 atom stereocenters. The van der Waals surface area contributed by atoms with E-state index in [1.807, 2.05) is 18.2 Å². The quantitative estimate of drug-likeness (QED) is 0.293. The molecule has 4 aromatic rings. The van der Waals surface area contributed by atoms with Crippen LogP contribution in [0.25, 0.3) is 22.3 Å². The van der Waals surface area contributed by atoms with Crippen LogP contribution < -0.4 is 5.46 Å². The van der Waals surface area contributed by atoms with Crippen molar-refractivity contribution >= 4 is 25.2 Å². The average Bonchev–Trinajstić information content (AvgIpc) is 3.20. The highest BCUT2D eigenvalue weighted by molar-refractivity contribution is 7.80. The second-order valence-corrected chi connectivity index (χ2v) is 8.20. The lowest BCUT2D eigenvalue weighted by atomic mass is 9.70. The third-order valence-electron chi connectivity index (χ3n) is 6.42. The standard InChI is InChI=1S/C25H17BO2S/c27-26(28)23-13-18-17-9-3-6-12-21(17)25(22(18)14-24(23)29)19-10-4-1-7-15(19)16-8-2-5-11-20(16)25/h1-14,27-29H. The Bertz CT molecular complexity index is 1270. The molecule has 2 N–H and O–H groups in total. The Balaban J connectivity index is 1.83. The fourth-order valence-electron chi connectivity index (χ4n) is 5.35. The molecular weight excluding hydrogens is 375 g/mol. The van der Waals surface area contributed by atoms with Crippen molar-refractivity contribution < 1.29 is 10.0 Å². The molecule has 0 fully saturated rings. The molecule has 138 valence electrons. The minimum Gasteiger partial charge on any atom is -0.423 e. The Kier molecular flexibility index (Phi) is 3.46. The molecular formula is C25H17BO2S. The maximum atomic E-state index is 9.86. The van der Waals surface area contributed by atoms with E-state index in [4.69, 9.17) is 0 Å². The second-order valence-electron chi connectivity index (χ2n) is 7.72. The van der Waals surface area contributed by atoms with Crippen LogP contribution in [0.4, 0.5) is 0 Å². The molecule has 2 nitrogen and oxygen atoms in total. The molecule has 29 heavy (non-hydrogen) atoms. The van der Waals surface area contributed by atoms with Gasteiger partial charge in [-0.25, -0.2) is 0 Å². The highest BCUT2D eigenvalue weighted by Gasteiger charge is 2.51.